The molecule has 2 heterocycles. The Labute approximate surface area is 209 Å². The third kappa shape index (κ3) is 5.00. The van der Waals surface area contributed by atoms with Crippen LogP contribution in [0.15, 0.2) is 16.5 Å². The summed E-state index contributed by atoms with van der Waals surface area (Å²) in [5, 5.41) is 11.9. The number of aromatic nitrogens is 1. The Morgan fingerprint density at radius 3 is 2.58 bits per heavy atom. The smallest absolute Gasteiger partial charge is 0.396 e. The largest absolute Gasteiger partial charge is 0.486 e. The summed E-state index contributed by atoms with van der Waals surface area (Å²) in [6.07, 6.45) is -2.71. The number of hydrogen-bond donors (Lipinski definition) is 2. The van der Waals surface area contributed by atoms with Gasteiger partial charge in [-0.15, -0.1) is 0 Å². The van der Waals surface area contributed by atoms with Crippen LogP contribution in [0.4, 0.5) is 29.3 Å². The van der Waals surface area contributed by atoms with E-state index in [2.05, 4.69) is 10.3 Å². The molecule has 36 heavy (non-hydrogen) atoms. The Hall–Kier alpha value is -2.53. The lowest BCUT2D eigenvalue weighted by atomic mass is 9.78. The Balaban J connectivity index is 1.32. The molecule has 2 saturated carbocycles. The van der Waals surface area contributed by atoms with E-state index in [0.29, 0.717) is 31.3 Å². The van der Waals surface area contributed by atoms with Gasteiger partial charge < -0.3 is 24.5 Å². The van der Waals surface area contributed by atoms with Gasteiger partial charge in [-0.05, 0) is 43.6 Å². The maximum absolute atomic E-state index is 14.8. The average Bonchev–Trinajstić information content (AvgIpc) is 3.17. The van der Waals surface area contributed by atoms with Crippen molar-refractivity contribution in [3.63, 3.8) is 0 Å². The quantitative estimate of drug-likeness (QED) is 0.455. The Morgan fingerprint density at radius 1 is 1.31 bits per heavy atom. The van der Waals surface area contributed by atoms with Crippen molar-refractivity contribution in [2.45, 2.75) is 51.3 Å². The lowest BCUT2D eigenvalue weighted by Gasteiger charge is -2.48. The highest BCUT2D eigenvalue weighted by Gasteiger charge is 2.47. The molecule has 2 atom stereocenters. The SMILES string of the molecule is CCC1(CO)CN(c2nc(C(=O)Nc3cc(F)c(OC4CC5CC5C4)c(Cl)c3)c(CC(F)(F)F)o2)C1. The zero-order chi connectivity index (χ0) is 25.8. The first-order chi connectivity index (χ1) is 17.0. The molecule has 1 aromatic heterocycles. The maximum atomic E-state index is 14.8. The van der Waals surface area contributed by atoms with E-state index in [1.807, 2.05) is 6.92 Å². The topological polar surface area (TPSA) is 87.8 Å². The number of hydrogen-bond acceptors (Lipinski definition) is 6. The van der Waals surface area contributed by atoms with E-state index in [4.69, 9.17) is 20.8 Å². The number of anilines is 2. The molecule has 5 rings (SSSR count). The Bertz CT molecular complexity index is 1130. The molecule has 7 nitrogen and oxygen atoms in total. The van der Waals surface area contributed by atoms with Crippen LogP contribution in [0.2, 0.25) is 5.02 Å². The van der Waals surface area contributed by atoms with Gasteiger partial charge in [0.05, 0.1) is 17.7 Å². The van der Waals surface area contributed by atoms with Gasteiger partial charge in [0.25, 0.3) is 11.9 Å². The van der Waals surface area contributed by atoms with Crippen LogP contribution in [0.3, 0.4) is 0 Å². The van der Waals surface area contributed by atoms with Crippen LogP contribution < -0.4 is 15.0 Å². The molecule has 2 aromatic rings. The van der Waals surface area contributed by atoms with Crippen LogP contribution in [0.1, 0.15) is 48.9 Å². The Morgan fingerprint density at radius 2 is 2.00 bits per heavy atom. The van der Waals surface area contributed by atoms with Gasteiger partial charge in [0.1, 0.15) is 12.2 Å². The molecule has 1 aromatic carbocycles. The van der Waals surface area contributed by atoms with E-state index in [1.165, 1.54) is 12.5 Å². The van der Waals surface area contributed by atoms with E-state index in [9.17, 15) is 27.5 Å². The minimum absolute atomic E-state index is 0.0530. The molecule has 3 aliphatic rings. The summed E-state index contributed by atoms with van der Waals surface area (Å²) in [5.41, 5.74) is -0.999. The molecule has 1 amide bonds. The van der Waals surface area contributed by atoms with Crippen molar-refractivity contribution in [3.05, 3.63) is 34.4 Å². The van der Waals surface area contributed by atoms with Gasteiger partial charge in [-0.2, -0.15) is 18.2 Å². The first kappa shape index (κ1) is 25.1. The van der Waals surface area contributed by atoms with Gasteiger partial charge in [0.15, 0.2) is 17.3 Å². The van der Waals surface area contributed by atoms with Crippen LogP contribution in [-0.2, 0) is 6.42 Å². The maximum Gasteiger partial charge on any atom is 0.396 e. The van der Waals surface area contributed by atoms with Crippen molar-refractivity contribution in [2.24, 2.45) is 17.3 Å². The lowest BCUT2D eigenvalue weighted by Crippen LogP contribution is -2.58. The molecular formula is C24H26ClF4N3O4. The minimum atomic E-state index is -4.64. The standard InChI is InChI=1S/C24H26ClF4N3O4/c1-2-23(11-33)9-32(10-23)22-31-19(18(36-22)8-24(27,28)29)21(34)30-14-6-16(25)20(17(26)7-14)35-15-4-12-3-13(12)5-15/h6-7,12-13,15,33H,2-5,8-11H2,1H3,(H,30,34). The van der Waals surface area contributed by atoms with Gasteiger partial charge >= 0.3 is 6.18 Å². The number of nitrogens with one attached hydrogen (secondary N) is 1. The number of fused-ring (bicyclic) bond motifs is 1. The van der Waals surface area contributed by atoms with E-state index in [1.54, 1.807) is 4.90 Å². The number of nitrogens with zero attached hydrogens (tertiary/aromatic N) is 2. The van der Waals surface area contributed by atoms with Crippen LogP contribution in [0, 0.1) is 23.1 Å². The molecule has 2 N–H and O–H groups in total. The fourth-order valence-electron chi connectivity index (χ4n) is 5.15. The second-order valence-corrected chi connectivity index (χ2v) is 10.5. The summed E-state index contributed by atoms with van der Waals surface area (Å²) in [7, 11) is 0. The molecule has 2 unspecified atom stereocenters. The third-order valence-electron chi connectivity index (χ3n) is 7.41. The normalized spacial score (nSPS) is 24.3. The van der Waals surface area contributed by atoms with E-state index in [-0.39, 0.29) is 35.2 Å². The summed E-state index contributed by atoms with van der Waals surface area (Å²) < 4.78 is 65.3. The molecule has 2 aliphatic carbocycles. The number of ether oxygens (including phenoxy) is 1. The van der Waals surface area contributed by atoms with Crippen molar-refractivity contribution in [3.8, 4) is 5.75 Å². The number of alkyl halides is 3. The molecule has 0 bridgehead atoms. The molecule has 12 heteroatoms. The number of aliphatic hydroxyl groups is 1. The monoisotopic (exact) mass is 531 g/mol. The van der Waals surface area contributed by atoms with E-state index in [0.717, 1.165) is 18.9 Å². The molecule has 3 fully saturated rings. The van der Waals surface area contributed by atoms with Crippen molar-refractivity contribution < 1.29 is 36.6 Å². The van der Waals surface area contributed by atoms with Crippen molar-refractivity contribution in [1.82, 2.24) is 4.98 Å². The molecule has 0 spiro atoms. The predicted octanol–water partition coefficient (Wildman–Crippen LogP) is 5.21. The molecular weight excluding hydrogens is 506 g/mol. The van der Waals surface area contributed by atoms with Gasteiger partial charge in [-0.1, -0.05) is 18.5 Å². The number of amides is 1. The number of carbonyl (C=O) groups is 1. The zero-order valence-electron chi connectivity index (χ0n) is 19.5. The van der Waals surface area contributed by atoms with Crippen molar-refractivity contribution >= 4 is 29.2 Å². The van der Waals surface area contributed by atoms with Crippen LogP contribution in [0.25, 0.3) is 0 Å². The average molecular weight is 532 g/mol. The predicted molar refractivity (Wildman–Crippen MR) is 123 cm³/mol. The lowest BCUT2D eigenvalue weighted by molar-refractivity contribution is -0.130. The van der Waals surface area contributed by atoms with Gasteiger partial charge in [0.2, 0.25) is 0 Å². The van der Waals surface area contributed by atoms with Crippen LogP contribution in [-0.4, -0.2) is 48.0 Å². The summed E-state index contributed by atoms with van der Waals surface area (Å²) in [5.74, 6) is -1.27. The second kappa shape index (κ2) is 9.09. The van der Waals surface area contributed by atoms with Crippen molar-refractivity contribution in [1.29, 1.82) is 0 Å². The number of oxazole rings is 1. The molecule has 0 radical (unpaired) electrons. The Kier molecular flexibility index (Phi) is 6.35. The van der Waals surface area contributed by atoms with Crippen LogP contribution >= 0.6 is 11.6 Å². The fourth-order valence-corrected chi connectivity index (χ4v) is 5.40. The minimum Gasteiger partial charge on any atom is -0.486 e. The van der Waals surface area contributed by atoms with Gasteiger partial charge in [-0.3, -0.25) is 4.79 Å². The fraction of sp³-hybridized carbons (Fsp3) is 0.583. The number of halogens is 5. The summed E-state index contributed by atoms with van der Waals surface area (Å²) >= 11 is 6.21. The zero-order valence-corrected chi connectivity index (χ0v) is 20.3. The summed E-state index contributed by atoms with van der Waals surface area (Å²) in [6, 6.07) is 2.15. The molecule has 196 valence electrons. The summed E-state index contributed by atoms with van der Waals surface area (Å²) in [4.78, 5) is 18.4. The molecule has 1 saturated heterocycles. The highest BCUT2D eigenvalue weighted by molar-refractivity contribution is 6.32. The third-order valence-corrected chi connectivity index (χ3v) is 7.69. The number of aliphatic hydroxyl groups excluding tert-OH is 1. The van der Waals surface area contributed by atoms with Gasteiger partial charge in [-0.25, -0.2) is 4.39 Å². The number of rotatable bonds is 8. The van der Waals surface area contributed by atoms with Crippen LogP contribution in [0.5, 0.6) is 5.75 Å². The van der Waals surface area contributed by atoms with E-state index < -0.39 is 41.2 Å². The highest BCUT2D eigenvalue weighted by Crippen LogP contribution is 2.53. The first-order valence-electron chi connectivity index (χ1n) is 11.9. The highest BCUT2D eigenvalue weighted by atomic mass is 35.5. The number of carbonyl (C=O) groups excluding carboxylic acids is 1. The van der Waals surface area contributed by atoms with Crippen molar-refractivity contribution in [2.75, 3.05) is 29.9 Å². The van der Waals surface area contributed by atoms with Gasteiger partial charge in [0, 0.05) is 30.3 Å². The summed E-state index contributed by atoms with van der Waals surface area (Å²) in [6.45, 7) is 2.47. The second-order valence-electron chi connectivity index (χ2n) is 10.1. The molecule has 1 aliphatic heterocycles. The number of benzene rings is 1. The van der Waals surface area contributed by atoms with E-state index >= 15 is 0 Å². The first-order valence-corrected chi connectivity index (χ1v) is 12.3.